The summed E-state index contributed by atoms with van der Waals surface area (Å²) in [5.74, 6) is 0.909. The molecular formula is C21H25FN2O2. The van der Waals surface area contributed by atoms with Crippen molar-refractivity contribution in [1.82, 2.24) is 5.32 Å². The second-order valence-corrected chi connectivity index (χ2v) is 6.81. The van der Waals surface area contributed by atoms with Crippen molar-refractivity contribution in [3.8, 4) is 5.75 Å². The Morgan fingerprint density at radius 3 is 2.69 bits per heavy atom. The topological polar surface area (TPSA) is 64.4 Å². The zero-order valence-corrected chi connectivity index (χ0v) is 14.8. The Bertz CT molecular complexity index is 733. The Hall–Kier alpha value is -2.40. The monoisotopic (exact) mass is 356 g/mol. The fraction of sp³-hybridized carbons (Fsp3) is 0.381. The Morgan fingerprint density at radius 2 is 1.96 bits per heavy atom. The van der Waals surface area contributed by atoms with E-state index in [2.05, 4.69) is 5.32 Å². The highest BCUT2D eigenvalue weighted by Gasteiger charge is 2.31. The van der Waals surface area contributed by atoms with Crippen LogP contribution in [0.4, 0.5) is 4.39 Å². The molecule has 2 atom stereocenters. The van der Waals surface area contributed by atoms with E-state index < -0.39 is 0 Å². The summed E-state index contributed by atoms with van der Waals surface area (Å²) in [6.45, 7) is 1.39. The van der Waals surface area contributed by atoms with Crippen LogP contribution < -0.4 is 15.8 Å². The van der Waals surface area contributed by atoms with Crippen LogP contribution >= 0.6 is 0 Å². The largest absolute Gasteiger partial charge is 0.489 e. The SMILES string of the molecule is NC[C@H]1CCC[C@H]1C(=O)NCc1ccc(OCc2cccc(F)c2)cc1. The van der Waals surface area contributed by atoms with Gasteiger partial charge in [-0.2, -0.15) is 0 Å². The highest BCUT2D eigenvalue weighted by molar-refractivity contribution is 5.79. The Labute approximate surface area is 153 Å². The summed E-state index contributed by atoms with van der Waals surface area (Å²) in [5.41, 5.74) is 7.55. The molecule has 0 unspecified atom stereocenters. The molecule has 5 heteroatoms. The number of benzene rings is 2. The van der Waals surface area contributed by atoms with E-state index in [1.165, 1.54) is 12.1 Å². The van der Waals surface area contributed by atoms with E-state index in [1.807, 2.05) is 30.3 Å². The van der Waals surface area contributed by atoms with Crippen LogP contribution in [0.1, 0.15) is 30.4 Å². The minimum atomic E-state index is -0.267. The molecule has 2 aromatic carbocycles. The fourth-order valence-electron chi connectivity index (χ4n) is 3.48. The molecular weight excluding hydrogens is 331 g/mol. The normalized spacial score (nSPS) is 19.3. The van der Waals surface area contributed by atoms with Crippen molar-refractivity contribution in [2.24, 2.45) is 17.6 Å². The summed E-state index contributed by atoms with van der Waals surface area (Å²) >= 11 is 0. The molecule has 0 saturated heterocycles. The number of hydrogen-bond donors (Lipinski definition) is 2. The average Bonchev–Trinajstić information content (AvgIpc) is 3.14. The van der Waals surface area contributed by atoms with Crippen molar-refractivity contribution in [1.29, 1.82) is 0 Å². The summed E-state index contributed by atoms with van der Waals surface area (Å²) in [4.78, 5) is 12.3. The van der Waals surface area contributed by atoms with Crippen LogP contribution in [0, 0.1) is 17.7 Å². The van der Waals surface area contributed by atoms with E-state index in [0.717, 1.165) is 30.4 Å². The summed E-state index contributed by atoms with van der Waals surface area (Å²) < 4.78 is 18.8. The molecule has 4 nitrogen and oxygen atoms in total. The maximum absolute atomic E-state index is 13.2. The molecule has 1 saturated carbocycles. The number of nitrogens with one attached hydrogen (secondary N) is 1. The molecule has 0 radical (unpaired) electrons. The molecule has 2 aromatic rings. The third-order valence-electron chi connectivity index (χ3n) is 4.98. The zero-order valence-electron chi connectivity index (χ0n) is 14.8. The number of amides is 1. The van der Waals surface area contributed by atoms with Gasteiger partial charge in [0.05, 0.1) is 0 Å². The molecule has 0 spiro atoms. The molecule has 3 rings (SSSR count). The van der Waals surface area contributed by atoms with Crippen molar-refractivity contribution in [2.75, 3.05) is 6.54 Å². The second-order valence-electron chi connectivity index (χ2n) is 6.81. The van der Waals surface area contributed by atoms with Gasteiger partial charge < -0.3 is 15.8 Å². The lowest BCUT2D eigenvalue weighted by molar-refractivity contribution is -0.126. The van der Waals surface area contributed by atoms with Crippen LogP contribution in [0.2, 0.25) is 0 Å². The van der Waals surface area contributed by atoms with Gasteiger partial charge in [0, 0.05) is 12.5 Å². The molecule has 0 aliphatic heterocycles. The third-order valence-corrected chi connectivity index (χ3v) is 4.98. The number of ether oxygens (including phenoxy) is 1. The van der Waals surface area contributed by atoms with Crippen LogP contribution in [-0.4, -0.2) is 12.5 Å². The van der Waals surface area contributed by atoms with E-state index in [9.17, 15) is 9.18 Å². The maximum Gasteiger partial charge on any atom is 0.223 e. The van der Waals surface area contributed by atoms with E-state index in [1.54, 1.807) is 6.07 Å². The van der Waals surface area contributed by atoms with Crippen molar-refractivity contribution in [3.63, 3.8) is 0 Å². The third kappa shape index (κ3) is 4.82. The Balaban J connectivity index is 1.47. The first-order chi connectivity index (χ1) is 12.7. The lowest BCUT2D eigenvalue weighted by Gasteiger charge is -2.17. The Kier molecular flexibility index (Phi) is 6.23. The van der Waals surface area contributed by atoms with Crippen LogP contribution in [0.5, 0.6) is 5.75 Å². The van der Waals surface area contributed by atoms with E-state index in [-0.39, 0.29) is 17.6 Å². The van der Waals surface area contributed by atoms with Gasteiger partial charge in [-0.25, -0.2) is 4.39 Å². The van der Waals surface area contributed by atoms with E-state index in [4.69, 9.17) is 10.5 Å². The van der Waals surface area contributed by atoms with Gasteiger partial charge in [-0.1, -0.05) is 30.7 Å². The van der Waals surface area contributed by atoms with Crippen LogP contribution in [-0.2, 0) is 17.9 Å². The molecule has 1 fully saturated rings. The molecule has 1 aliphatic rings. The quantitative estimate of drug-likeness (QED) is 0.799. The smallest absolute Gasteiger partial charge is 0.223 e. The van der Waals surface area contributed by atoms with Crippen molar-refractivity contribution in [2.45, 2.75) is 32.4 Å². The first-order valence-electron chi connectivity index (χ1n) is 9.09. The summed E-state index contributed by atoms with van der Waals surface area (Å²) in [6.07, 6.45) is 3.06. The van der Waals surface area contributed by atoms with Crippen LogP contribution in [0.25, 0.3) is 0 Å². The van der Waals surface area contributed by atoms with E-state index >= 15 is 0 Å². The molecule has 0 aromatic heterocycles. The van der Waals surface area contributed by atoms with Gasteiger partial charge in [0.2, 0.25) is 5.91 Å². The van der Waals surface area contributed by atoms with Crippen LogP contribution in [0.15, 0.2) is 48.5 Å². The van der Waals surface area contributed by atoms with Gasteiger partial charge in [0.1, 0.15) is 18.2 Å². The van der Waals surface area contributed by atoms with Gasteiger partial charge in [-0.15, -0.1) is 0 Å². The predicted octanol–water partition coefficient (Wildman–Crippen LogP) is 3.40. The summed E-state index contributed by atoms with van der Waals surface area (Å²) in [7, 11) is 0. The molecule has 26 heavy (non-hydrogen) atoms. The average molecular weight is 356 g/mol. The van der Waals surface area contributed by atoms with Gasteiger partial charge >= 0.3 is 0 Å². The Morgan fingerprint density at radius 1 is 1.15 bits per heavy atom. The number of halogens is 1. The highest BCUT2D eigenvalue weighted by atomic mass is 19.1. The number of carbonyl (C=O) groups is 1. The fourth-order valence-corrected chi connectivity index (χ4v) is 3.48. The number of nitrogens with two attached hydrogens (primary N) is 1. The lowest BCUT2D eigenvalue weighted by atomic mass is 9.95. The number of carbonyl (C=O) groups excluding carboxylic acids is 1. The summed E-state index contributed by atoms with van der Waals surface area (Å²) in [6, 6.07) is 13.9. The minimum absolute atomic E-state index is 0.0499. The van der Waals surface area contributed by atoms with Gasteiger partial charge in [0.15, 0.2) is 0 Å². The summed E-state index contributed by atoms with van der Waals surface area (Å²) in [5, 5.41) is 3.01. The first-order valence-corrected chi connectivity index (χ1v) is 9.09. The van der Waals surface area contributed by atoms with E-state index in [0.29, 0.717) is 31.4 Å². The number of hydrogen-bond acceptors (Lipinski definition) is 3. The molecule has 3 N–H and O–H groups in total. The molecule has 138 valence electrons. The van der Waals surface area contributed by atoms with Gasteiger partial charge in [-0.3, -0.25) is 4.79 Å². The zero-order chi connectivity index (χ0) is 18.4. The predicted molar refractivity (Wildman–Crippen MR) is 98.9 cm³/mol. The van der Waals surface area contributed by atoms with Gasteiger partial charge in [0.25, 0.3) is 0 Å². The highest BCUT2D eigenvalue weighted by Crippen LogP contribution is 2.31. The molecule has 1 aliphatic carbocycles. The number of rotatable bonds is 7. The van der Waals surface area contributed by atoms with Gasteiger partial charge in [-0.05, 0) is 60.7 Å². The van der Waals surface area contributed by atoms with Crippen molar-refractivity contribution >= 4 is 5.91 Å². The van der Waals surface area contributed by atoms with Crippen LogP contribution in [0.3, 0.4) is 0 Å². The molecule has 1 amide bonds. The van der Waals surface area contributed by atoms with Crippen molar-refractivity contribution < 1.29 is 13.9 Å². The lowest BCUT2D eigenvalue weighted by Crippen LogP contribution is -2.34. The second kappa shape index (κ2) is 8.81. The standard InChI is InChI=1S/C21H25FN2O2/c22-18-5-1-3-16(11-18)14-26-19-9-7-15(8-10-19)13-24-21(25)20-6-2-4-17(20)12-23/h1,3,5,7-11,17,20H,2,4,6,12-14,23H2,(H,24,25)/t17-,20-/m1/s1. The molecule has 0 heterocycles. The minimum Gasteiger partial charge on any atom is -0.489 e. The molecule has 0 bridgehead atoms. The maximum atomic E-state index is 13.2. The van der Waals surface area contributed by atoms with Crippen molar-refractivity contribution in [3.05, 3.63) is 65.5 Å². The first kappa shape index (κ1) is 18.4.